The normalized spacial score (nSPS) is 10.4. The Hall–Kier alpha value is -2.96. The number of carbonyl (C=O) groups excluding carboxylic acids is 3. The van der Waals surface area contributed by atoms with Crippen molar-refractivity contribution in [1.29, 1.82) is 0 Å². The largest absolute Gasteiger partial charge is 0.465 e. The number of aromatic amines is 1. The van der Waals surface area contributed by atoms with Crippen LogP contribution in [0.4, 0.5) is 4.39 Å². The fourth-order valence-electron chi connectivity index (χ4n) is 2.47. The van der Waals surface area contributed by atoms with E-state index in [2.05, 4.69) is 4.98 Å². The summed E-state index contributed by atoms with van der Waals surface area (Å²) in [6.07, 6.45) is 0.479. The van der Waals surface area contributed by atoms with Gasteiger partial charge in [0.1, 0.15) is 11.5 Å². The Balaban J connectivity index is 2.16. The van der Waals surface area contributed by atoms with Gasteiger partial charge in [0.15, 0.2) is 6.61 Å². The van der Waals surface area contributed by atoms with Crippen LogP contribution in [-0.4, -0.2) is 36.4 Å². The lowest BCUT2D eigenvalue weighted by atomic mass is 10.1. The number of aryl methyl sites for hydroxylation is 1. The van der Waals surface area contributed by atoms with Gasteiger partial charge in [-0.05, 0) is 31.0 Å². The van der Waals surface area contributed by atoms with Crippen molar-refractivity contribution in [1.82, 2.24) is 4.98 Å². The summed E-state index contributed by atoms with van der Waals surface area (Å²) in [5.74, 6) is -2.69. The van der Waals surface area contributed by atoms with Gasteiger partial charge in [-0.15, -0.1) is 0 Å². The number of halogens is 1. The van der Waals surface area contributed by atoms with Gasteiger partial charge in [0.2, 0.25) is 5.78 Å². The van der Waals surface area contributed by atoms with E-state index in [4.69, 9.17) is 9.47 Å². The van der Waals surface area contributed by atoms with Crippen LogP contribution in [0.1, 0.15) is 49.4 Å². The van der Waals surface area contributed by atoms with E-state index in [0.717, 1.165) is 6.07 Å². The van der Waals surface area contributed by atoms with E-state index in [1.165, 1.54) is 25.3 Å². The summed E-state index contributed by atoms with van der Waals surface area (Å²) in [6.45, 7) is 2.79. The second kappa shape index (κ2) is 7.74. The Morgan fingerprint density at radius 3 is 2.44 bits per heavy atom. The van der Waals surface area contributed by atoms with Crippen molar-refractivity contribution in [3.8, 4) is 0 Å². The first-order chi connectivity index (χ1) is 11.9. The molecule has 0 aliphatic heterocycles. The lowest BCUT2D eigenvalue weighted by molar-refractivity contribution is 0.0467. The Labute approximate surface area is 143 Å². The van der Waals surface area contributed by atoms with Crippen molar-refractivity contribution < 1.29 is 28.2 Å². The van der Waals surface area contributed by atoms with Gasteiger partial charge in [0.05, 0.1) is 18.2 Å². The Morgan fingerprint density at radius 2 is 1.84 bits per heavy atom. The molecular formula is C18H18FNO5. The number of hydrogen-bond acceptors (Lipinski definition) is 5. The summed E-state index contributed by atoms with van der Waals surface area (Å²) in [4.78, 5) is 38.9. The van der Waals surface area contributed by atoms with Crippen LogP contribution in [0.5, 0.6) is 0 Å². The monoisotopic (exact) mass is 347 g/mol. The molecule has 2 rings (SSSR count). The number of H-pyrrole nitrogens is 1. The molecule has 1 aromatic carbocycles. The summed E-state index contributed by atoms with van der Waals surface area (Å²) in [5.41, 5.74) is 1.11. The number of aromatic nitrogens is 1. The first-order valence-corrected chi connectivity index (χ1v) is 7.65. The topological polar surface area (TPSA) is 85.5 Å². The van der Waals surface area contributed by atoms with Crippen LogP contribution in [0.2, 0.25) is 0 Å². The zero-order valence-electron chi connectivity index (χ0n) is 14.1. The Morgan fingerprint density at radius 1 is 1.16 bits per heavy atom. The predicted octanol–water partition coefficient (Wildman–Crippen LogP) is 2.85. The summed E-state index contributed by atoms with van der Waals surface area (Å²) in [6, 6.07) is 5.45. The van der Waals surface area contributed by atoms with E-state index in [1.54, 1.807) is 6.92 Å². The summed E-state index contributed by atoms with van der Waals surface area (Å²) in [7, 11) is 1.25. The average Bonchev–Trinajstić information content (AvgIpc) is 2.95. The van der Waals surface area contributed by atoms with E-state index in [9.17, 15) is 18.8 Å². The van der Waals surface area contributed by atoms with Crippen molar-refractivity contribution in [2.24, 2.45) is 0 Å². The molecule has 0 bridgehead atoms. The fraction of sp³-hybridized carbons (Fsp3) is 0.278. The van der Waals surface area contributed by atoms with Crippen molar-refractivity contribution in [3.05, 3.63) is 58.2 Å². The number of nitrogens with one attached hydrogen (secondary N) is 1. The molecule has 0 amide bonds. The summed E-state index contributed by atoms with van der Waals surface area (Å²) < 4.78 is 23.2. The molecule has 1 heterocycles. The minimum absolute atomic E-state index is 0.0681. The van der Waals surface area contributed by atoms with Crippen LogP contribution in [0, 0.1) is 12.7 Å². The molecule has 0 saturated carbocycles. The SMILES string of the molecule is CCc1[nH]c(C(=O)OCC(=O)c2ccccc2F)c(C)c1C(=O)OC. The average molecular weight is 347 g/mol. The predicted molar refractivity (Wildman–Crippen MR) is 87.3 cm³/mol. The minimum Gasteiger partial charge on any atom is -0.465 e. The van der Waals surface area contributed by atoms with Crippen LogP contribution in [-0.2, 0) is 15.9 Å². The summed E-state index contributed by atoms with van der Waals surface area (Å²) in [5, 5.41) is 0. The maximum Gasteiger partial charge on any atom is 0.355 e. The first-order valence-electron chi connectivity index (χ1n) is 7.65. The molecule has 6 nitrogen and oxygen atoms in total. The van der Waals surface area contributed by atoms with Gasteiger partial charge in [0.25, 0.3) is 0 Å². The second-order valence-electron chi connectivity index (χ2n) is 5.30. The lowest BCUT2D eigenvalue weighted by Crippen LogP contribution is -2.16. The number of ketones is 1. The number of hydrogen-bond donors (Lipinski definition) is 1. The van der Waals surface area contributed by atoms with Crippen molar-refractivity contribution >= 4 is 17.7 Å². The maximum atomic E-state index is 13.6. The van der Waals surface area contributed by atoms with Gasteiger partial charge in [-0.25, -0.2) is 14.0 Å². The third-order valence-corrected chi connectivity index (χ3v) is 3.78. The second-order valence-corrected chi connectivity index (χ2v) is 5.30. The highest BCUT2D eigenvalue weighted by atomic mass is 19.1. The van der Waals surface area contributed by atoms with Crippen LogP contribution in [0.25, 0.3) is 0 Å². The molecule has 0 aliphatic carbocycles. The molecule has 0 aliphatic rings. The number of carbonyl (C=O) groups is 3. The number of ether oxygens (including phenoxy) is 2. The quantitative estimate of drug-likeness (QED) is 0.641. The highest BCUT2D eigenvalue weighted by Gasteiger charge is 2.25. The molecule has 0 saturated heterocycles. The van der Waals surface area contributed by atoms with Crippen LogP contribution < -0.4 is 0 Å². The lowest BCUT2D eigenvalue weighted by Gasteiger charge is -2.05. The van der Waals surface area contributed by atoms with Crippen LogP contribution >= 0.6 is 0 Å². The molecule has 1 aromatic heterocycles. The highest BCUT2D eigenvalue weighted by molar-refractivity contribution is 6.01. The van der Waals surface area contributed by atoms with Gasteiger partial charge in [0, 0.05) is 5.69 Å². The molecule has 25 heavy (non-hydrogen) atoms. The Kier molecular flexibility index (Phi) is 5.69. The Bertz CT molecular complexity index is 825. The van der Waals surface area contributed by atoms with Crippen molar-refractivity contribution in [3.63, 3.8) is 0 Å². The third-order valence-electron chi connectivity index (χ3n) is 3.78. The van der Waals surface area contributed by atoms with Gasteiger partial charge in [-0.3, -0.25) is 4.79 Å². The number of methoxy groups -OCH3 is 1. The molecule has 0 spiro atoms. The molecule has 0 radical (unpaired) electrons. The number of rotatable bonds is 6. The standard InChI is InChI=1S/C18H18FNO5/c1-4-13-15(17(22)24-3)10(2)16(20-13)18(23)25-9-14(21)11-7-5-6-8-12(11)19/h5-8,20H,4,9H2,1-3H3. The smallest absolute Gasteiger partial charge is 0.355 e. The van der Waals surface area contributed by atoms with Gasteiger partial charge in [-0.2, -0.15) is 0 Å². The molecule has 0 atom stereocenters. The van der Waals surface area contributed by atoms with E-state index in [1.807, 2.05) is 6.92 Å². The van der Waals surface area contributed by atoms with E-state index >= 15 is 0 Å². The molecule has 2 aromatic rings. The summed E-state index contributed by atoms with van der Waals surface area (Å²) >= 11 is 0. The van der Waals surface area contributed by atoms with E-state index in [0.29, 0.717) is 17.7 Å². The van der Waals surface area contributed by atoms with Crippen LogP contribution in [0.15, 0.2) is 24.3 Å². The van der Waals surface area contributed by atoms with Gasteiger partial charge < -0.3 is 14.5 Å². The number of benzene rings is 1. The van der Waals surface area contributed by atoms with E-state index in [-0.39, 0.29) is 16.8 Å². The zero-order chi connectivity index (χ0) is 18.6. The molecule has 132 valence electrons. The van der Waals surface area contributed by atoms with E-state index < -0.39 is 30.1 Å². The van der Waals surface area contributed by atoms with Gasteiger partial charge in [-0.1, -0.05) is 19.1 Å². The van der Waals surface area contributed by atoms with Crippen molar-refractivity contribution in [2.45, 2.75) is 20.3 Å². The molecule has 0 unspecified atom stereocenters. The number of esters is 2. The fourth-order valence-corrected chi connectivity index (χ4v) is 2.47. The van der Waals surface area contributed by atoms with Gasteiger partial charge >= 0.3 is 11.9 Å². The molecule has 7 heteroatoms. The van der Waals surface area contributed by atoms with Crippen LogP contribution in [0.3, 0.4) is 0 Å². The third kappa shape index (κ3) is 3.76. The minimum atomic E-state index is -0.799. The molecule has 0 fully saturated rings. The van der Waals surface area contributed by atoms with Crippen molar-refractivity contribution in [2.75, 3.05) is 13.7 Å². The molecule has 1 N–H and O–H groups in total. The zero-order valence-corrected chi connectivity index (χ0v) is 14.1. The maximum absolute atomic E-state index is 13.6. The highest BCUT2D eigenvalue weighted by Crippen LogP contribution is 2.21. The molecular weight excluding hydrogens is 329 g/mol. The number of Topliss-reactive ketones (excluding diaryl/α,β-unsaturated/α-hetero) is 1. The first kappa shape index (κ1) is 18.4.